The van der Waals surface area contributed by atoms with E-state index in [1.165, 1.54) is 0 Å². The lowest BCUT2D eigenvalue weighted by Gasteiger charge is -2.24. The van der Waals surface area contributed by atoms with Crippen LogP contribution in [0.4, 0.5) is 0 Å². The van der Waals surface area contributed by atoms with Gasteiger partial charge in [-0.15, -0.1) is 0 Å². The Kier molecular flexibility index (Phi) is 3.77. The number of rotatable bonds is 4. The van der Waals surface area contributed by atoms with Crippen LogP contribution in [0.2, 0.25) is 0 Å². The maximum absolute atomic E-state index is 11.8. The fraction of sp³-hybridized carbons (Fsp3) is 0.429. The van der Waals surface area contributed by atoms with Crippen LogP contribution in [-0.4, -0.2) is 16.8 Å². The largest absolute Gasteiger partial charge is 0.335 e. The number of amides is 1. The van der Waals surface area contributed by atoms with Gasteiger partial charge in [-0.05, 0) is 18.4 Å². The first-order chi connectivity index (χ1) is 8.31. The molecule has 1 atom stereocenters. The van der Waals surface area contributed by atoms with Crippen molar-refractivity contribution in [2.45, 2.75) is 38.3 Å². The lowest BCUT2D eigenvalue weighted by molar-refractivity contribution is -0.129. The van der Waals surface area contributed by atoms with E-state index in [1.54, 1.807) is 0 Å². The van der Waals surface area contributed by atoms with E-state index in [-0.39, 0.29) is 11.9 Å². The summed E-state index contributed by atoms with van der Waals surface area (Å²) >= 11 is 0. The van der Waals surface area contributed by atoms with Gasteiger partial charge < -0.3 is 4.90 Å². The number of nitrogens with zero attached hydrogens (tertiary/aromatic N) is 2. The molecule has 1 heterocycles. The second-order valence-electron chi connectivity index (χ2n) is 4.40. The summed E-state index contributed by atoms with van der Waals surface area (Å²) in [6.45, 7) is 0.676. The molecule has 2 rings (SSSR count). The Labute approximate surface area is 102 Å². The van der Waals surface area contributed by atoms with Crippen LogP contribution in [0.15, 0.2) is 30.3 Å². The van der Waals surface area contributed by atoms with E-state index >= 15 is 0 Å². The van der Waals surface area contributed by atoms with Gasteiger partial charge in [0.25, 0.3) is 0 Å². The summed E-state index contributed by atoms with van der Waals surface area (Å²) in [4.78, 5) is 13.7. The Hall–Kier alpha value is -1.82. The van der Waals surface area contributed by atoms with E-state index in [4.69, 9.17) is 5.26 Å². The molecule has 1 amide bonds. The Morgan fingerprint density at radius 3 is 2.82 bits per heavy atom. The third-order valence-corrected chi connectivity index (χ3v) is 3.24. The van der Waals surface area contributed by atoms with Gasteiger partial charge in [0.05, 0.1) is 6.07 Å². The summed E-state index contributed by atoms with van der Waals surface area (Å²) in [5, 5.41) is 8.62. The van der Waals surface area contributed by atoms with E-state index in [9.17, 15) is 4.79 Å². The van der Waals surface area contributed by atoms with Crippen LogP contribution in [0.1, 0.15) is 31.2 Å². The van der Waals surface area contributed by atoms with Crippen LogP contribution in [0.5, 0.6) is 0 Å². The minimum Gasteiger partial charge on any atom is -0.335 e. The summed E-state index contributed by atoms with van der Waals surface area (Å²) in [5.74, 6) is 0.219. The number of likely N-dealkylation sites (tertiary alicyclic amines) is 1. The monoisotopic (exact) mass is 228 g/mol. The Balaban J connectivity index is 2.02. The third kappa shape index (κ3) is 2.85. The predicted octanol–water partition coefficient (Wildman–Crippen LogP) is 2.48. The lowest BCUT2D eigenvalue weighted by atomic mass is 10.1. The summed E-state index contributed by atoms with van der Waals surface area (Å²) in [6, 6.07) is 12.4. The predicted molar refractivity (Wildman–Crippen MR) is 64.9 cm³/mol. The van der Waals surface area contributed by atoms with Gasteiger partial charge in [0, 0.05) is 25.4 Å². The lowest BCUT2D eigenvalue weighted by Crippen LogP contribution is -2.32. The average Bonchev–Trinajstić information content (AvgIpc) is 2.70. The van der Waals surface area contributed by atoms with Gasteiger partial charge in [-0.1, -0.05) is 30.3 Å². The zero-order valence-corrected chi connectivity index (χ0v) is 9.80. The van der Waals surface area contributed by atoms with Crippen molar-refractivity contribution in [3.8, 4) is 6.07 Å². The van der Waals surface area contributed by atoms with Crippen LogP contribution in [0, 0.1) is 11.3 Å². The van der Waals surface area contributed by atoms with Gasteiger partial charge >= 0.3 is 0 Å². The summed E-state index contributed by atoms with van der Waals surface area (Å²) in [5.41, 5.74) is 1.16. The zero-order chi connectivity index (χ0) is 12.1. The molecule has 0 bridgehead atoms. The highest BCUT2D eigenvalue weighted by Gasteiger charge is 2.30. The molecule has 0 spiro atoms. The molecule has 0 N–H and O–H groups in total. The van der Waals surface area contributed by atoms with Gasteiger partial charge in [-0.2, -0.15) is 5.26 Å². The summed E-state index contributed by atoms with van der Waals surface area (Å²) in [6.07, 6.45) is 2.86. The van der Waals surface area contributed by atoms with E-state index in [1.807, 2.05) is 35.2 Å². The van der Waals surface area contributed by atoms with Gasteiger partial charge in [0.2, 0.25) is 5.91 Å². The van der Waals surface area contributed by atoms with Gasteiger partial charge in [-0.3, -0.25) is 4.79 Å². The van der Waals surface area contributed by atoms with Gasteiger partial charge in [0.15, 0.2) is 0 Å². The highest BCUT2D eigenvalue weighted by atomic mass is 16.2. The van der Waals surface area contributed by atoms with Crippen molar-refractivity contribution in [2.24, 2.45) is 0 Å². The van der Waals surface area contributed by atoms with Crippen molar-refractivity contribution in [3.05, 3.63) is 35.9 Å². The van der Waals surface area contributed by atoms with Gasteiger partial charge in [-0.25, -0.2) is 0 Å². The molecule has 0 aliphatic carbocycles. The first-order valence-corrected chi connectivity index (χ1v) is 6.01. The van der Waals surface area contributed by atoms with Crippen LogP contribution >= 0.6 is 0 Å². The fourth-order valence-electron chi connectivity index (χ4n) is 2.32. The minimum absolute atomic E-state index is 0.219. The molecule has 0 radical (unpaired) electrons. The molecule has 1 aliphatic rings. The molecule has 17 heavy (non-hydrogen) atoms. The topological polar surface area (TPSA) is 44.1 Å². The number of hydrogen-bond donors (Lipinski definition) is 0. The highest BCUT2D eigenvalue weighted by molar-refractivity contribution is 5.78. The minimum atomic E-state index is 0.219. The third-order valence-electron chi connectivity index (χ3n) is 3.24. The standard InChI is InChI=1S/C14H16N2O/c15-10-4-7-13-8-9-14(17)16(13)11-12-5-2-1-3-6-12/h1-3,5-6,13H,4,7-9,11H2. The second-order valence-corrected chi connectivity index (χ2v) is 4.40. The quantitative estimate of drug-likeness (QED) is 0.794. The average molecular weight is 228 g/mol. The summed E-state index contributed by atoms with van der Waals surface area (Å²) in [7, 11) is 0. The van der Waals surface area contributed by atoms with Crippen LogP contribution < -0.4 is 0 Å². The van der Waals surface area contributed by atoms with E-state index < -0.39 is 0 Å². The second kappa shape index (κ2) is 5.49. The molecule has 3 heteroatoms. The van der Waals surface area contributed by atoms with Crippen molar-refractivity contribution in [1.82, 2.24) is 4.90 Å². The molecule has 1 unspecified atom stereocenters. The number of benzene rings is 1. The van der Waals surface area contributed by atoms with Crippen LogP contribution in [-0.2, 0) is 11.3 Å². The first kappa shape index (κ1) is 11.7. The normalized spacial score (nSPS) is 19.4. The maximum atomic E-state index is 11.8. The smallest absolute Gasteiger partial charge is 0.223 e. The number of carbonyl (C=O) groups is 1. The SMILES string of the molecule is N#CCCC1CCC(=O)N1Cc1ccccc1. The molecule has 88 valence electrons. The molecular weight excluding hydrogens is 212 g/mol. The van der Waals surface area contributed by atoms with Crippen LogP contribution in [0.3, 0.4) is 0 Å². The van der Waals surface area contributed by atoms with Crippen molar-refractivity contribution in [2.75, 3.05) is 0 Å². The molecule has 1 aromatic rings. The Morgan fingerprint density at radius 1 is 1.35 bits per heavy atom. The fourth-order valence-corrected chi connectivity index (χ4v) is 2.32. The van der Waals surface area contributed by atoms with Crippen LogP contribution in [0.25, 0.3) is 0 Å². The Morgan fingerprint density at radius 2 is 2.12 bits per heavy atom. The Bertz CT molecular complexity index is 422. The van der Waals surface area contributed by atoms with Crippen molar-refractivity contribution in [1.29, 1.82) is 5.26 Å². The van der Waals surface area contributed by atoms with Crippen molar-refractivity contribution in [3.63, 3.8) is 0 Å². The highest BCUT2D eigenvalue weighted by Crippen LogP contribution is 2.24. The molecule has 0 aromatic heterocycles. The molecule has 0 saturated carbocycles. The molecule has 1 fully saturated rings. The number of carbonyl (C=O) groups excluding carboxylic acids is 1. The molecule has 1 aliphatic heterocycles. The molecular formula is C14H16N2O. The zero-order valence-electron chi connectivity index (χ0n) is 9.80. The van der Waals surface area contributed by atoms with Crippen molar-refractivity contribution < 1.29 is 4.79 Å². The van der Waals surface area contributed by atoms with E-state index in [0.717, 1.165) is 18.4 Å². The maximum Gasteiger partial charge on any atom is 0.223 e. The van der Waals surface area contributed by atoms with E-state index in [0.29, 0.717) is 19.4 Å². The van der Waals surface area contributed by atoms with Gasteiger partial charge in [0.1, 0.15) is 0 Å². The molecule has 1 saturated heterocycles. The molecule has 3 nitrogen and oxygen atoms in total. The number of hydrogen-bond acceptors (Lipinski definition) is 2. The first-order valence-electron chi connectivity index (χ1n) is 6.01. The van der Waals surface area contributed by atoms with E-state index in [2.05, 4.69) is 6.07 Å². The molecule has 1 aromatic carbocycles. The van der Waals surface area contributed by atoms with Crippen molar-refractivity contribution >= 4 is 5.91 Å². The summed E-state index contributed by atoms with van der Waals surface area (Å²) < 4.78 is 0. The number of nitriles is 1.